The van der Waals surface area contributed by atoms with Gasteiger partial charge in [-0.15, -0.1) is 10.2 Å². The van der Waals surface area contributed by atoms with Crippen molar-refractivity contribution in [3.63, 3.8) is 0 Å². The van der Waals surface area contributed by atoms with Crippen molar-refractivity contribution in [3.8, 4) is 5.75 Å². The summed E-state index contributed by atoms with van der Waals surface area (Å²) in [5, 5.41) is 18.6. The Bertz CT molecular complexity index is 1880. The van der Waals surface area contributed by atoms with Gasteiger partial charge in [0.2, 0.25) is 5.91 Å². The molecule has 1 amide bonds. The van der Waals surface area contributed by atoms with Gasteiger partial charge in [0.1, 0.15) is 11.6 Å². The highest BCUT2D eigenvalue weighted by Crippen LogP contribution is 2.27. The summed E-state index contributed by atoms with van der Waals surface area (Å²) in [7, 11) is 1.67. The lowest BCUT2D eigenvalue weighted by molar-refractivity contribution is -0.123. The van der Waals surface area contributed by atoms with Gasteiger partial charge in [-0.1, -0.05) is 48.5 Å². The topological polar surface area (TPSA) is 113 Å². The molecule has 1 unspecified atom stereocenters. The van der Waals surface area contributed by atoms with E-state index >= 15 is 0 Å². The quantitative estimate of drug-likeness (QED) is 0.166. The summed E-state index contributed by atoms with van der Waals surface area (Å²) in [6, 6.07) is 24.2. The molecule has 1 aliphatic rings. The Morgan fingerprint density at radius 1 is 0.932 bits per heavy atom. The molecule has 0 radical (unpaired) electrons. The van der Waals surface area contributed by atoms with E-state index in [1.165, 1.54) is 10.9 Å². The number of methoxy groups -OCH3 is 1. The molecule has 1 saturated heterocycles. The van der Waals surface area contributed by atoms with Crippen molar-refractivity contribution in [2.24, 2.45) is 0 Å². The normalized spacial score (nSPS) is 15.6. The van der Waals surface area contributed by atoms with E-state index < -0.39 is 0 Å². The second kappa shape index (κ2) is 12.4. The van der Waals surface area contributed by atoms with Gasteiger partial charge >= 0.3 is 0 Å². The number of benzene rings is 3. The molecule has 1 aliphatic heterocycles. The fraction of sp³-hybridized carbons (Fsp3) is 0.286. The van der Waals surface area contributed by atoms with Gasteiger partial charge in [-0.3, -0.25) is 4.79 Å². The number of hydrogen-bond donors (Lipinski definition) is 4. The first-order valence-electron chi connectivity index (χ1n) is 15.3. The average Bonchev–Trinajstić information content (AvgIpc) is 3.88. The number of hydrogen-bond acceptors (Lipinski definition) is 5. The molecule has 7 rings (SSSR count). The molecule has 9 heteroatoms. The smallest absolute Gasteiger partial charge is 0.237 e. The first-order chi connectivity index (χ1) is 21.7. The third-order valence-electron chi connectivity index (χ3n) is 8.75. The first-order valence-corrected chi connectivity index (χ1v) is 15.3. The number of ether oxygens (including phenoxy) is 1. The van der Waals surface area contributed by atoms with Crippen LogP contribution in [0.1, 0.15) is 47.2 Å². The summed E-state index contributed by atoms with van der Waals surface area (Å²) in [5.41, 5.74) is 5.69. The van der Waals surface area contributed by atoms with Crippen LogP contribution in [-0.2, 0) is 30.6 Å². The standard InChI is InChI=1S/C35H37N7O2/c1-44-26-15-12-23(13-16-26)22-42-33(17-14-24-20-37-29-9-4-2-7-27(24)29)40-41-34(42)32(39-35(43)31-11-6-18-36-31)19-25-21-38-30-10-5-3-8-28(25)30/h2-5,7-10,12-13,15-16,20-21,31-32,36-38H,6,11,14,17-19,22H2,1H3,(H,39,43)/t31-,32?/m0/s1. The molecule has 3 aromatic heterocycles. The highest BCUT2D eigenvalue weighted by molar-refractivity contribution is 5.84. The van der Waals surface area contributed by atoms with Gasteiger partial charge in [-0.2, -0.15) is 0 Å². The monoisotopic (exact) mass is 587 g/mol. The Hall–Kier alpha value is -4.89. The fourth-order valence-corrected chi connectivity index (χ4v) is 6.37. The lowest BCUT2D eigenvalue weighted by atomic mass is 10.0. The third-order valence-corrected chi connectivity index (χ3v) is 8.75. The van der Waals surface area contributed by atoms with Crippen molar-refractivity contribution in [1.82, 2.24) is 35.4 Å². The van der Waals surface area contributed by atoms with Crippen LogP contribution in [0.3, 0.4) is 0 Å². The maximum absolute atomic E-state index is 13.5. The highest BCUT2D eigenvalue weighted by atomic mass is 16.5. The lowest BCUT2D eigenvalue weighted by Crippen LogP contribution is -2.43. The highest BCUT2D eigenvalue weighted by Gasteiger charge is 2.29. The van der Waals surface area contributed by atoms with E-state index in [2.05, 4.69) is 73.8 Å². The summed E-state index contributed by atoms with van der Waals surface area (Å²) in [6.07, 6.45) is 8.08. The Morgan fingerprint density at radius 3 is 2.34 bits per heavy atom. The molecule has 4 heterocycles. The van der Waals surface area contributed by atoms with Crippen LogP contribution in [0.25, 0.3) is 21.8 Å². The average molecular weight is 588 g/mol. The Labute approximate surface area is 256 Å². The van der Waals surface area contributed by atoms with Crippen LogP contribution in [-0.4, -0.2) is 50.3 Å². The zero-order valence-corrected chi connectivity index (χ0v) is 24.8. The van der Waals surface area contributed by atoms with Crippen molar-refractivity contribution in [2.45, 2.75) is 50.7 Å². The van der Waals surface area contributed by atoms with E-state index in [0.29, 0.717) is 19.4 Å². The van der Waals surface area contributed by atoms with Crippen LogP contribution >= 0.6 is 0 Å². The SMILES string of the molecule is COc1ccc(Cn2c(CCc3c[nH]c4ccccc34)nnc2C(Cc2c[nH]c3ccccc23)NC(=O)[C@@H]2CCCN2)cc1. The molecule has 0 spiro atoms. The maximum Gasteiger partial charge on any atom is 0.237 e. The zero-order chi connectivity index (χ0) is 29.9. The molecule has 3 aromatic carbocycles. The van der Waals surface area contributed by atoms with E-state index in [1.807, 2.05) is 36.5 Å². The van der Waals surface area contributed by atoms with Crippen molar-refractivity contribution in [2.75, 3.05) is 13.7 Å². The number of para-hydroxylation sites is 2. The second-order valence-electron chi connectivity index (χ2n) is 11.5. The van der Waals surface area contributed by atoms with Gasteiger partial charge < -0.3 is 29.9 Å². The van der Waals surface area contributed by atoms with Gasteiger partial charge in [0.05, 0.1) is 25.7 Å². The van der Waals surface area contributed by atoms with Crippen LogP contribution in [0.4, 0.5) is 0 Å². The molecule has 9 nitrogen and oxygen atoms in total. The molecule has 4 N–H and O–H groups in total. The minimum atomic E-state index is -0.364. The number of nitrogens with one attached hydrogen (secondary N) is 4. The Balaban J connectivity index is 1.25. The molecular formula is C35H37N7O2. The number of aryl methyl sites for hydroxylation is 2. The fourth-order valence-electron chi connectivity index (χ4n) is 6.37. The number of fused-ring (bicyclic) bond motifs is 2. The van der Waals surface area contributed by atoms with E-state index in [9.17, 15) is 4.79 Å². The molecule has 224 valence electrons. The van der Waals surface area contributed by atoms with Gasteiger partial charge in [-0.25, -0.2) is 0 Å². The number of carbonyl (C=O) groups is 1. The first kappa shape index (κ1) is 27.9. The summed E-state index contributed by atoms with van der Waals surface area (Å²) >= 11 is 0. The molecule has 44 heavy (non-hydrogen) atoms. The number of aromatic amines is 2. The third kappa shape index (κ3) is 5.70. The molecule has 0 bridgehead atoms. The number of amides is 1. The minimum Gasteiger partial charge on any atom is -0.497 e. The number of carbonyl (C=O) groups excluding carboxylic acids is 1. The number of nitrogens with zero attached hydrogens (tertiary/aromatic N) is 3. The summed E-state index contributed by atoms with van der Waals surface area (Å²) < 4.78 is 7.59. The molecular weight excluding hydrogens is 550 g/mol. The van der Waals surface area contributed by atoms with Gasteiger partial charge in [0, 0.05) is 47.0 Å². The van der Waals surface area contributed by atoms with Crippen LogP contribution < -0.4 is 15.4 Å². The predicted octanol–water partition coefficient (Wildman–Crippen LogP) is 5.23. The Morgan fingerprint density at radius 2 is 1.64 bits per heavy atom. The molecule has 6 aromatic rings. The maximum atomic E-state index is 13.5. The van der Waals surface area contributed by atoms with E-state index in [-0.39, 0.29) is 18.0 Å². The molecule has 0 saturated carbocycles. The number of rotatable bonds is 11. The van der Waals surface area contributed by atoms with Crippen molar-refractivity contribution >= 4 is 27.7 Å². The molecule has 0 aliphatic carbocycles. The van der Waals surface area contributed by atoms with Gasteiger partial charge in [-0.05, 0) is 66.8 Å². The summed E-state index contributed by atoms with van der Waals surface area (Å²) in [4.78, 5) is 20.3. The second-order valence-corrected chi connectivity index (χ2v) is 11.5. The van der Waals surface area contributed by atoms with Crippen LogP contribution in [0.5, 0.6) is 5.75 Å². The molecule has 1 fully saturated rings. The van der Waals surface area contributed by atoms with Crippen molar-refractivity contribution in [3.05, 3.63) is 114 Å². The minimum absolute atomic E-state index is 0.00619. The largest absolute Gasteiger partial charge is 0.497 e. The Kier molecular flexibility index (Phi) is 7.85. The van der Waals surface area contributed by atoms with Crippen LogP contribution in [0.2, 0.25) is 0 Å². The lowest BCUT2D eigenvalue weighted by Gasteiger charge is -2.22. The zero-order valence-electron chi connectivity index (χ0n) is 24.8. The van der Waals surface area contributed by atoms with Gasteiger partial charge in [0.25, 0.3) is 0 Å². The van der Waals surface area contributed by atoms with Crippen molar-refractivity contribution in [1.29, 1.82) is 0 Å². The number of aromatic nitrogens is 5. The van der Waals surface area contributed by atoms with Crippen LogP contribution in [0.15, 0.2) is 85.2 Å². The van der Waals surface area contributed by atoms with Gasteiger partial charge in [0.15, 0.2) is 5.82 Å². The van der Waals surface area contributed by atoms with E-state index in [0.717, 1.165) is 70.8 Å². The van der Waals surface area contributed by atoms with Crippen molar-refractivity contribution < 1.29 is 9.53 Å². The summed E-state index contributed by atoms with van der Waals surface area (Å²) in [5.74, 6) is 2.46. The predicted molar refractivity (Wildman–Crippen MR) is 172 cm³/mol. The molecule has 2 atom stereocenters. The van der Waals surface area contributed by atoms with E-state index in [4.69, 9.17) is 14.9 Å². The summed E-state index contributed by atoms with van der Waals surface area (Å²) in [6.45, 7) is 1.44. The number of H-pyrrole nitrogens is 2. The van der Waals surface area contributed by atoms with Crippen LogP contribution in [0, 0.1) is 0 Å². The van der Waals surface area contributed by atoms with E-state index in [1.54, 1.807) is 7.11 Å².